The smallest absolute Gasteiger partial charge is 0.325 e. The Bertz CT molecular complexity index is 727. The van der Waals surface area contributed by atoms with Gasteiger partial charge in [-0.05, 0) is 12.1 Å². The van der Waals surface area contributed by atoms with Gasteiger partial charge in [-0.2, -0.15) is 0 Å². The van der Waals surface area contributed by atoms with Gasteiger partial charge in [0.2, 0.25) is 0 Å². The van der Waals surface area contributed by atoms with Gasteiger partial charge in [-0.3, -0.25) is 4.79 Å². The van der Waals surface area contributed by atoms with E-state index in [2.05, 4.69) is 0 Å². The van der Waals surface area contributed by atoms with E-state index >= 15 is 0 Å². The molecule has 1 aromatic rings. The van der Waals surface area contributed by atoms with Crippen LogP contribution in [0.3, 0.4) is 0 Å². The number of hydrogen-bond donors (Lipinski definition) is 0. The van der Waals surface area contributed by atoms with Crippen LogP contribution in [0.5, 0.6) is 0 Å². The lowest BCUT2D eigenvalue weighted by Crippen LogP contribution is -2.40. The van der Waals surface area contributed by atoms with E-state index in [9.17, 15) is 13.2 Å². The van der Waals surface area contributed by atoms with E-state index in [1.807, 2.05) is 6.08 Å². The molecule has 1 aliphatic heterocycles. The Kier molecular flexibility index (Phi) is 4.76. The van der Waals surface area contributed by atoms with Crippen LogP contribution in [0.15, 0.2) is 47.4 Å². The van der Waals surface area contributed by atoms with Crippen molar-refractivity contribution in [1.29, 1.82) is 0 Å². The van der Waals surface area contributed by atoms with Gasteiger partial charge in [-0.15, -0.1) is 0 Å². The minimum atomic E-state index is -3.88. The number of carbonyl (C=O) groups is 1. The highest BCUT2D eigenvalue weighted by molar-refractivity contribution is 7.92. The molecule has 0 saturated carbocycles. The largest absolute Gasteiger partial charge is 0.468 e. The zero-order chi connectivity index (χ0) is 17.3. The van der Waals surface area contributed by atoms with E-state index in [1.165, 1.54) is 19.2 Å². The Morgan fingerprint density at radius 1 is 1.21 bits per heavy atom. The second-order valence-corrected chi connectivity index (χ2v) is 8.00. The Labute approximate surface area is 141 Å². The third-order valence-electron chi connectivity index (χ3n) is 4.66. The zero-order valence-electron chi connectivity index (χ0n) is 13.5. The number of methoxy groups -OCH3 is 2. The second kappa shape index (κ2) is 6.66. The molecule has 7 heteroatoms. The molecule has 6 nitrogen and oxygen atoms in total. The van der Waals surface area contributed by atoms with Crippen LogP contribution < -0.4 is 0 Å². The monoisotopic (exact) mass is 352 g/mol. The predicted molar refractivity (Wildman–Crippen MR) is 85.8 cm³/mol. The molecule has 0 N–H and O–H groups in total. The van der Waals surface area contributed by atoms with Gasteiger partial charge in [0.25, 0.3) is 0 Å². The highest BCUT2D eigenvalue weighted by Gasteiger charge is 2.51. The van der Waals surface area contributed by atoms with E-state index in [-0.39, 0.29) is 23.2 Å². The number of benzene rings is 1. The average Bonchev–Trinajstić information content (AvgIpc) is 3.17. The van der Waals surface area contributed by atoms with Crippen molar-refractivity contribution >= 4 is 15.8 Å². The molecular weight excluding hydrogens is 332 g/mol. The molecule has 24 heavy (non-hydrogen) atoms. The molecular formula is C17H20O6S. The molecule has 1 heterocycles. The normalized spacial score (nSPS) is 30.1. The van der Waals surface area contributed by atoms with Gasteiger partial charge in [0.05, 0.1) is 18.1 Å². The molecule has 1 aromatic carbocycles. The minimum absolute atomic E-state index is 0.111. The van der Waals surface area contributed by atoms with Gasteiger partial charge in [0.1, 0.15) is 0 Å². The van der Waals surface area contributed by atoms with E-state index in [1.54, 1.807) is 31.4 Å². The number of esters is 1. The molecule has 5 unspecified atom stereocenters. The van der Waals surface area contributed by atoms with Crippen LogP contribution in [-0.2, 0) is 28.8 Å². The summed E-state index contributed by atoms with van der Waals surface area (Å²) in [6.45, 7) is 0. The van der Waals surface area contributed by atoms with Crippen molar-refractivity contribution in [3.8, 4) is 0 Å². The Morgan fingerprint density at radius 2 is 1.92 bits per heavy atom. The summed E-state index contributed by atoms with van der Waals surface area (Å²) in [5, 5.41) is -1.30. The number of hydrogen-bond acceptors (Lipinski definition) is 6. The summed E-state index contributed by atoms with van der Waals surface area (Å²) >= 11 is 0. The molecule has 0 radical (unpaired) electrons. The van der Waals surface area contributed by atoms with Crippen LogP contribution >= 0.6 is 0 Å². The Hall–Kier alpha value is -1.70. The van der Waals surface area contributed by atoms with Gasteiger partial charge in [-0.25, -0.2) is 8.42 Å². The van der Waals surface area contributed by atoms with Crippen LogP contribution in [-0.4, -0.2) is 46.3 Å². The first-order valence-corrected chi connectivity index (χ1v) is 9.27. The molecule has 0 aromatic heterocycles. The van der Waals surface area contributed by atoms with Gasteiger partial charge in [0.15, 0.2) is 21.4 Å². The van der Waals surface area contributed by atoms with E-state index in [0.717, 1.165) is 0 Å². The van der Waals surface area contributed by atoms with E-state index in [0.29, 0.717) is 6.42 Å². The summed E-state index contributed by atoms with van der Waals surface area (Å²) in [4.78, 5) is 12.5. The molecule has 5 atom stereocenters. The molecule has 0 amide bonds. The second-order valence-electron chi connectivity index (χ2n) is 5.93. The van der Waals surface area contributed by atoms with Crippen LogP contribution in [0, 0.1) is 11.8 Å². The number of carbonyl (C=O) groups excluding carboxylic acids is 1. The summed E-state index contributed by atoms with van der Waals surface area (Å²) in [7, 11) is -1.13. The summed E-state index contributed by atoms with van der Waals surface area (Å²) in [6, 6.07) is 7.98. The summed E-state index contributed by atoms with van der Waals surface area (Å²) in [5.41, 5.74) is 0. The number of fused-ring (bicyclic) bond motifs is 1. The molecule has 0 bridgehead atoms. The van der Waals surface area contributed by atoms with Crippen LogP contribution in [0.2, 0.25) is 0 Å². The quantitative estimate of drug-likeness (QED) is 0.591. The maximum atomic E-state index is 13.1. The maximum Gasteiger partial charge on any atom is 0.325 e. The van der Waals surface area contributed by atoms with Crippen molar-refractivity contribution in [2.45, 2.75) is 29.0 Å². The summed E-state index contributed by atoms with van der Waals surface area (Å²) < 4.78 is 41.8. The van der Waals surface area contributed by atoms with Crippen LogP contribution in [0.4, 0.5) is 0 Å². The fourth-order valence-corrected chi connectivity index (χ4v) is 5.36. The van der Waals surface area contributed by atoms with Gasteiger partial charge < -0.3 is 14.2 Å². The fourth-order valence-electron chi connectivity index (χ4n) is 3.47. The SMILES string of the molecule is COC(=O)C(C1C=CC2OC(OC)CC21)S(=O)(=O)c1ccccc1. The third-order valence-corrected chi connectivity index (χ3v) is 6.77. The lowest BCUT2D eigenvalue weighted by molar-refractivity contribution is -0.141. The highest BCUT2D eigenvalue weighted by atomic mass is 32.2. The molecule has 0 spiro atoms. The number of rotatable bonds is 5. The number of sulfone groups is 1. The lowest BCUT2D eigenvalue weighted by Gasteiger charge is -2.25. The van der Waals surface area contributed by atoms with Gasteiger partial charge in [-0.1, -0.05) is 30.4 Å². The first-order valence-electron chi connectivity index (χ1n) is 7.72. The molecule has 3 rings (SSSR count). The first kappa shape index (κ1) is 17.1. The Morgan fingerprint density at radius 3 is 2.54 bits per heavy atom. The van der Waals surface area contributed by atoms with Crippen molar-refractivity contribution < 1.29 is 27.4 Å². The lowest BCUT2D eigenvalue weighted by atomic mass is 9.89. The van der Waals surface area contributed by atoms with Crippen molar-refractivity contribution in [2.75, 3.05) is 14.2 Å². The molecule has 1 aliphatic carbocycles. The topological polar surface area (TPSA) is 78.9 Å². The molecule has 2 aliphatic rings. The minimum Gasteiger partial charge on any atom is -0.468 e. The summed E-state index contributed by atoms with van der Waals surface area (Å²) in [6.07, 6.45) is 3.48. The third kappa shape index (κ3) is 2.87. The summed E-state index contributed by atoms with van der Waals surface area (Å²) in [5.74, 6) is -1.39. The molecule has 1 saturated heterocycles. The molecule has 1 fully saturated rings. The zero-order valence-corrected chi connectivity index (χ0v) is 14.3. The van der Waals surface area contributed by atoms with Crippen molar-refractivity contribution in [3.63, 3.8) is 0 Å². The van der Waals surface area contributed by atoms with E-state index in [4.69, 9.17) is 14.2 Å². The van der Waals surface area contributed by atoms with Crippen LogP contribution in [0.1, 0.15) is 6.42 Å². The molecule has 130 valence electrons. The fraction of sp³-hybridized carbons (Fsp3) is 0.471. The van der Waals surface area contributed by atoms with Crippen LogP contribution in [0.25, 0.3) is 0 Å². The average molecular weight is 352 g/mol. The van der Waals surface area contributed by atoms with Crippen molar-refractivity contribution in [3.05, 3.63) is 42.5 Å². The maximum absolute atomic E-state index is 13.1. The Balaban J connectivity index is 1.97. The van der Waals surface area contributed by atoms with Gasteiger partial charge >= 0.3 is 5.97 Å². The standard InChI is InChI=1S/C17H20O6S/c1-21-15-10-13-12(8-9-14(13)23-15)16(17(18)22-2)24(19,20)11-6-4-3-5-7-11/h3-9,12-16H,10H2,1-2H3. The number of allylic oxidation sites excluding steroid dienone is 1. The number of ether oxygens (including phenoxy) is 3. The first-order chi connectivity index (χ1) is 11.5. The van der Waals surface area contributed by atoms with E-state index < -0.39 is 27.0 Å². The van der Waals surface area contributed by atoms with Crippen molar-refractivity contribution in [2.24, 2.45) is 11.8 Å². The highest BCUT2D eigenvalue weighted by Crippen LogP contribution is 2.43. The predicted octanol–water partition coefficient (Wildman–Crippen LogP) is 1.57. The van der Waals surface area contributed by atoms with Crippen molar-refractivity contribution in [1.82, 2.24) is 0 Å². The van der Waals surface area contributed by atoms with Gasteiger partial charge in [0, 0.05) is 25.4 Å².